The Balaban J connectivity index is 0.00000225. The van der Waals surface area contributed by atoms with Gasteiger partial charge in [-0.3, -0.25) is 9.69 Å². The van der Waals surface area contributed by atoms with Crippen LogP contribution in [0.15, 0.2) is 66.2 Å². The predicted molar refractivity (Wildman–Crippen MR) is 107 cm³/mol. The van der Waals surface area contributed by atoms with Gasteiger partial charge in [0.05, 0.1) is 0 Å². The highest BCUT2D eigenvalue weighted by Gasteiger charge is 2.14. The molecule has 0 bridgehead atoms. The van der Waals surface area contributed by atoms with Crippen LogP contribution in [0.2, 0.25) is 5.02 Å². The van der Waals surface area contributed by atoms with Gasteiger partial charge in [0.15, 0.2) is 5.78 Å². The number of hydrogen-bond acceptors (Lipinski definition) is 2. The predicted octanol–water partition coefficient (Wildman–Crippen LogP) is 5.21. The van der Waals surface area contributed by atoms with E-state index in [4.69, 9.17) is 11.6 Å². The SMILES string of the molecule is Cl.O=C(CCN1CC=C(Cc2ccccc2)CC1)c1ccc(Cl)cc1. The van der Waals surface area contributed by atoms with E-state index in [-0.39, 0.29) is 18.2 Å². The van der Waals surface area contributed by atoms with E-state index in [2.05, 4.69) is 41.3 Å². The largest absolute Gasteiger partial charge is 0.299 e. The van der Waals surface area contributed by atoms with Gasteiger partial charge < -0.3 is 0 Å². The lowest BCUT2D eigenvalue weighted by atomic mass is 9.99. The molecule has 132 valence electrons. The van der Waals surface area contributed by atoms with Gasteiger partial charge in [-0.15, -0.1) is 12.4 Å². The number of nitrogens with zero attached hydrogens (tertiary/aromatic N) is 1. The van der Waals surface area contributed by atoms with E-state index < -0.39 is 0 Å². The smallest absolute Gasteiger partial charge is 0.164 e. The maximum absolute atomic E-state index is 12.2. The first kappa shape index (κ1) is 19.7. The average molecular weight is 376 g/mol. The first-order valence-electron chi connectivity index (χ1n) is 8.43. The van der Waals surface area contributed by atoms with Crippen LogP contribution in [-0.2, 0) is 6.42 Å². The zero-order valence-corrected chi connectivity index (χ0v) is 15.7. The minimum atomic E-state index is 0. The molecule has 0 saturated carbocycles. The van der Waals surface area contributed by atoms with Crippen molar-refractivity contribution < 1.29 is 4.79 Å². The molecular formula is C21H23Cl2NO. The monoisotopic (exact) mass is 375 g/mol. The van der Waals surface area contributed by atoms with Gasteiger partial charge in [0.2, 0.25) is 0 Å². The van der Waals surface area contributed by atoms with E-state index >= 15 is 0 Å². The summed E-state index contributed by atoms with van der Waals surface area (Å²) in [5, 5.41) is 0.665. The van der Waals surface area contributed by atoms with E-state index in [1.165, 1.54) is 11.1 Å². The number of hydrogen-bond donors (Lipinski definition) is 0. The number of benzene rings is 2. The molecule has 3 rings (SSSR count). The Morgan fingerprint density at radius 2 is 1.76 bits per heavy atom. The minimum absolute atomic E-state index is 0. The third kappa shape index (κ3) is 6.00. The van der Waals surface area contributed by atoms with Gasteiger partial charge in [-0.1, -0.05) is 53.6 Å². The zero-order valence-electron chi connectivity index (χ0n) is 14.2. The number of carbonyl (C=O) groups excluding carboxylic acids is 1. The average Bonchev–Trinajstić information content (AvgIpc) is 2.62. The Morgan fingerprint density at radius 3 is 2.40 bits per heavy atom. The maximum atomic E-state index is 12.2. The van der Waals surface area contributed by atoms with Gasteiger partial charge in [-0.2, -0.15) is 0 Å². The van der Waals surface area contributed by atoms with Crippen molar-refractivity contribution >= 4 is 29.8 Å². The molecule has 2 aromatic rings. The number of rotatable bonds is 6. The normalized spacial score (nSPS) is 14.5. The number of carbonyl (C=O) groups is 1. The molecule has 4 heteroatoms. The number of halogens is 2. The van der Waals surface area contributed by atoms with Crippen molar-refractivity contribution in [2.75, 3.05) is 19.6 Å². The van der Waals surface area contributed by atoms with Crippen LogP contribution < -0.4 is 0 Å². The van der Waals surface area contributed by atoms with E-state index in [0.717, 1.165) is 38.0 Å². The first-order chi connectivity index (χ1) is 11.7. The number of ketones is 1. The summed E-state index contributed by atoms with van der Waals surface area (Å²) in [6.45, 7) is 2.79. The molecule has 0 aromatic heterocycles. The number of Topliss-reactive ketones (excluding diaryl/α,β-unsaturated/α-hetero) is 1. The molecule has 0 amide bonds. The van der Waals surface area contributed by atoms with Gasteiger partial charge in [0, 0.05) is 36.6 Å². The summed E-state index contributed by atoms with van der Waals surface area (Å²) in [5.74, 6) is 0.186. The lowest BCUT2D eigenvalue weighted by molar-refractivity contribution is 0.0966. The second-order valence-corrected chi connectivity index (χ2v) is 6.69. The Labute approximate surface area is 160 Å². The fourth-order valence-electron chi connectivity index (χ4n) is 3.01. The lowest BCUT2D eigenvalue weighted by Crippen LogP contribution is -2.31. The van der Waals surface area contributed by atoms with Crippen LogP contribution in [0, 0.1) is 0 Å². The summed E-state index contributed by atoms with van der Waals surface area (Å²) in [4.78, 5) is 14.6. The molecule has 2 nitrogen and oxygen atoms in total. The molecule has 0 radical (unpaired) electrons. The van der Waals surface area contributed by atoms with Crippen molar-refractivity contribution in [3.05, 3.63) is 82.4 Å². The van der Waals surface area contributed by atoms with Crippen molar-refractivity contribution in [3.63, 3.8) is 0 Å². The fraction of sp³-hybridized carbons (Fsp3) is 0.286. The van der Waals surface area contributed by atoms with Crippen LogP contribution in [0.5, 0.6) is 0 Å². The van der Waals surface area contributed by atoms with Gasteiger partial charge >= 0.3 is 0 Å². The Hall–Kier alpha value is -1.61. The van der Waals surface area contributed by atoms with Crippen molar-refractivity contribution in [3.8, 4) is 0 Å². The van der Waals surface area contributed by atoms with E-state index in [9.17, 15) is 4.79 Å². The van der Waals surface area contributed by atoms with E-state index in [1.807, 2.05) is 0 Å². The molecule has 1 heterocycles. The molecule has 0 saturated heterocycles. The topological polar surface area (TPSA) is 20.3 Å². The first-order valence-corrected chi connectivity index (χ1v) is 8.81. The Morgan fingerprint density at radius 1 is 1.04 bits per heavy atom. The third-order valence-corrected chi connectivity index (χ3v) is 4.73. The summed E-state index contributed by atoms with van der Waals surface area (Å²) < 4.78 is 0. The van der Waals surface area contributed by atoms with Crippen molar-refractivity contribution in [1.82, 2.24) is 4.90 Å². The Bertz CT molecular complexity index is 710. The van der Waals surface area contributed by atoms with Gasteiger partial charge in [-0.05, 0) is 42.7 Å². The van der Waals surface area contributed by atoms with Crippen LogP contribution in [0.1, 0.15) is 28.8 Å². The van der Waals surface area contributed by atoms with Crippen LogP contribution >= 0.6 is 24.0 Å². The standard InChI is InChI=1S/C21H22ClNO.ClH/c22-20-8-6-19(7-9-20)21(24)12-15-23-13-10-18(11-14-23)16-17-4-2-1-3-5-17;/h1-10H,11-16H2;1H. The summed E-state index contributed by atoms with van der Waals surface area (Å²) in [6, 6.07) is 17.7. The van der Waals surface area contributed by atoms with Gasteiger partial charge in [-0.25, -0.2) is 0 Å². The van der Waals surface area contributed by atoms with Crippen molar-refractivity contribution in [2.45, 2.75) is 19.3 Å². The summed E-state index contributed by atoms with van der Waals surface area (Å²) in [5.41, 5.74) is 3.62. The molecule has 2 aromatic carbocycles. The molecular weight excluding hydrogens is 353 g/mol. The van der Waals surface area contributed by atoms with E-state index in [1.54, 1.807) is 24.3 Å². The highest BCUT2D eigenvalue weighted by atomic mass is 35.5. The molecule has 0 atom stereocenters. The fourth-order valence-corrected chi connectivity index (χ4v) is 3.14. The highest BCUT2D eigenvalue weighted by Crippen LogP contribution is 2.17. The molecule has 1 aliphatic heterocycles. The van der Waals surface area contributed by atoms with Gasteiger partial charge in [0.25, 0.3) is 0 Å². The Kier molecular flexibility index (Phi) is 7.70. The van der Waals surface area contributed by atoms with Crippen LogP contribution in [0.4, 0.5) is 0 Å². The van der Waals surface area contributed by atoms with Crippen LogP contribution in [0.25, 0.3) is 0 Å². The summed E-state index contributed by atoms with van der Waals surface area (Å²) in [7, 11) is 0. The summed E-state index contributed by atoms with van der Waals surface area (Å²) in [6.07, 6.45) is 5.01. The molecule has 0 aliphatic carbocycles. The molecule has 0 spiro atoms. The van der Waals surface area contributed by atoms with Crippen molar-refractivity contribution in [2.24, 2.45) is 0 Å². The van der Waals surface area contributed by atoms with Gasteiger partial charge in [0.1, 0.15) is 0 Å². The van der Waals surface area contributed by atoms with Crippen LogP contribution in [-0.4, -0.2) is 30.3 Å². The molecule has 0 fully saturated rings. The molecule has 0 N–H and O–H groups in total. The second kappa shape index (κ2) is 9.76. The highest BCUT2D eigenvalue weighted by molar-refractivity contribution is 6.30. The zero-order chi connectivity index (χ0) is 16.8. The molecule has 0 unspecified atom stereocenters. The third-order valence-electron chi connectivity index (χ3n) is 4.48. The molecule has 1 aliphatic rings. The lowest BCUT2D eigenvalue weighted by Gasteiger charge is -2.26. The molecule has 25 heavy (non-hydrogen) atoms. The minimum Gasteiger partial charge on any atom is -0.299 e. The van der Waals surface area contributed by atoms with E-state index in [0.29, 0.717) is 11.4 Å². The summed E-state index contributed by atoms with van der Waals surface area (Å²) >= 11 is 5.86. The van der Waals surface area contributed by atoms with Crippen molar-refractivity contribution in [1.29, 1.82) is 0 Å². The van der Waals surface area contributed by atoms with Crippen LogP contribution in [0.3, 0.4) is 0 Å². The maximum Gasteiger partial charge on any atom is 0.164 e. The quantitative estimate of drug-likeness (QED) is 0.510. The second-order valence-electron chi connectivity index (χ2n) is 6.26.